The number of fused-ring (bicyclic) bond motifs is 7. The number of hydrogen-bond acceptors (Lipinski definition) is 20. The third-order valence-corrected chi connectivity index (χ3v) is 16.9. The molecule has 12 N–H and O–H groups in total. The summed E-state index contributed by atoms with van der Waals surface area (Å²) in [6.07, 6.45) is 2.96. The van der Waals surface area contributed by atoms with Gasteiger partial charge in [0.1, 0.15) is 72.9 Å². The smallest absolute Gasteiger partial charge is 0.266 e. The Morgan fingerprint density at radius 3 is 1.92 bits per heavy atom. The van der Waals surface area contributed by atoms with Gasteiger partial charge in [0.2, 0.25) is 59.1 Å². The molecule has 0 unspecified atom stereocenters. The highest BCUT2D eigenvalue weighted by atomic mass is 32.2. The quantitative estimate of drug-likeness (QED) is 0.109. The van der Waals surface area contributed by atoms with Gasteiger partial charge >= 0.3 is 0 Å². The summed E-state index contributed by atoms with van der Waals surface area (Å²) in [6, 6.07) is -7.32. The number of hydrogen-bond donors (Lipinski definition) is 10. The molecule has 0 spiro atoms. The Morgan fingerprint density at radius 1 is 0.714 bits per heavy atom. The molecule has 11 amide bonds. The summed E-state index contributed by atoms with van der Waals surface area (Å²) in [7, 11) is 0. The van der Waals surface area contributed by atoms with Crippen molar-refractivity contribution in [3.05, 3.63) is 29.3 Å². The zero-order chi connectivity index (χ0) is 61.5. The van der Waals surface area contributed by atoms with Crippen molar-refractivity contribution in [3.8, 4) is 5.75 Å². The standard InChI is InChI=1S/C53H78N12O16S3/c1-29-52(78)64-15-8-11-40(64)50(76)63-44(30(2)66)51(77)61-37(45(55)71)27-83-25-31-20-32-22-33(21-31)80-17-6-4-5-7-18-81-56-24-42(68)58-34(12-13-41(54)67)46(72)62-38(28-84-26-32)53(79)65-16-9-10-39(65)49(75)59-35(14-19-82-3)47(73)60-36(23-43(69)70)48(74)57-29/h20-22,24,29-30,34-40,44,66H,4-19,23,25-28H2,1-3H3,(H2,54,67)(H2,55,71)(H,57,74)(H,58,68)(H,59,75)(H,60,73)(H,61,77)(H,62,72)(H,63,76)(H,69,70)/p-1/b56-24+/t29-,30+,34-,35-,36-,37-,38-,39-,40-,44-/m0/s1. The monoisotopic (exact) mass is 1230 g/mol. The van der Waals surface area contributed by atoms with Crippen LogP contribution in [0.3, 0.4) is 0 Å². The molecule has 31 heteroatoms. The van der Waals surface area contributed by atoms with Crippen LogP contribution in [0.25, 0.3) is 0 Å². The van der Waals surface area contributed by atoms with Gasteiger partial charge in [0.05, 0.1) is 12.7 Å². The lowest BCUT2D eigenvalue weighted by molar-refractivity contribution is -0.306. The van der Waals surface area contributed by atoms with E-state index in [1.807, 2.05) is 18.2 Å². The van der Waals surface area contributed by atoms with Crippen molar-refractivity contribution >= 4 is 112 Å². The van der Waals surface area contributed by atoms with Crippen LogP contribution in [0.15, 0.2) is 23.4 Å². The van der Waals surface area contributed by atoms with Gasteiger partial charge in [-0.2, -0.15) is 35.3 Å². The zero-order valence-corrected chi connectivity index (χ0v) is 49.7. The number of oxime groups is 1. The number of ether oxygens (including phenoxy) is 1. The molecule has 2 fully saturated rings. The Labute approximate surface area is 499 Å². The van der Waals surface area contributed by atoms with Gasteiger partial charge in [-0.05, 0) is 113 Å². The molecule has 10 atom stereocenters. The van der Waals surface area contributed by atoms with Gasteiger partial charge in [-0.15, -0.1) is 0 Å². The van der Waals surface area contributed by atoms with Gasteiger partial charge in [0.15, 0.2) is 0 Å². The van der Waals surface area contributed by atoms with Crippen LogP contribution in [0.1, 0.15) is 102 Å². The summed E-state index contributed by atoms with van der Waals surface area (Å²) in [5.74, 6) is -10.3. The highest BCUT2D eigenvalue weighted by Gasteiger charge is 2.42. The van der Waals surface area contributed by atoms with Crippen LogP contribution >= 0.6 is 35.3 Å². The van der Waals surface area contributed by atoms with Gasteiger partial charge < -0.3 is 83.1 Å². The first kappa shape index (κ1) is 67.9. The number of thioether (sulfide) groups is 3. The predicted molar refractivity (Wildman–Crippen MR) is 308 cm³/mol. The van der Waals surface area contributed by atoms with Crippen molar-refractivity contribution in [1.29, 1.82) is 0 Å². The molecule has 464 valence electrons. The van der Waals surface area contributed by atoms with Crippen LogP contribution in [-0.2, 0) is 73.9 Å². The molecule has 0 aliphatic carbocycles. The van der Waals surface area contributed by atoms with E-state index in [1.54, 1.807) is 6.26 Å². The molecular weight excluding hydrogens is 1160 g/mol. The number of aliphatic hydroxyl groups excluding tert-OH is 1. The zero-order valence-electron chi connectivity index (χ0n) is 47.2. The Balaban J connectivity index is 1.55. The van der Waals surface area contributed by atoms with Crippen molar-refractivity contribution in [2.45, 2.75) is 163 Å². The second-order valence-corrected chi connectivity index (χ2v) is 23.8. The fraction of sp³-hybridized carbons (Fsp3) is 0.642. The van der Waals surface area contributed by atoms with Gasteiger partial charge in [-0.1, -0.05) is 11.2 Å². The maximum absolute atomic E-state index is 14.9. The number of amides is 11. The third kappa shape index (κ3) is 21.3. The average molecular weight is 1230 g/mol. The fourth-order valence-electron chi connectivity index (χ4n) is 9.69. The molecule has 2 saturated heterocycles. The number of carboxylic acid groups (broad SMARTS) is 1. The normalized spacial score (nSPS) is 27.5. The van der Waals surface area contributed by atoms with E-state index >= 15 is 0 Å². The van der Waals surface area contributed by atoms with Crippen LogP contribution in [-0.4, -0.2) is 202 Å². The van der Waals surface area contributed by atoms with Crippen molar-refractivity contribution in [2.24, 2.45) is 16.6 Å². The summed E-state index contributed by atoms with van der Waals surface area (Å²) in [4.78, 5) is 171. The highest BCUT2D eigenvalue weighted by Crippen LogP contribution is 2.27. The van der Waals surface area contributed by atoms with Crippen molar-refractivity contribution in [2.75, 3.05) is 49.8 Å². The van der Waals surface area contributed by atoms with Crippen LogP contribution in [0.5, 0.6) is 5.75 Å². The molecule has 1 aromatic carbocycles. The minimum atomic E-state index is -1.85. The predicted octanol–water partition coefficient (Wildman–Crippen LogP) is -3.46. The van der Waals surface area contributed by atoms with Crippen molar-refractivity contribution < 1.29 is 77.3 Å². The Bertz CT molecular complexity index is 2580. The maximum atomic E-state index is 14.9. The third-order valence-electron chi connectivity index (χ3n) is 14.1. The molecule has 0 aromatic heterocycles. The lowest BCUT2D eigenvalue weighted by Crippen LogP contribution is -2.61. The number of carboxylic acids is 1. The van der Waals surface area contributed by atoms with Crippen molar-refractivity contribution in [1.82, 2.24) is 47.0 Å². The Hall–Kier alpha value is -6.86. The molecular formula is C53H77N12O16S3-. The molecule has 0 radical (unpaired) electrons. The van der Waals surface area contributed by atoms with Crippen LogP contribution in [0.4, 0.5) is 0 Å². The van der Waals surface area contributed by atoms with Crippen LogP contribution in [0, 0.1) is 0 Å². The lowest BCUT2D eigenvalue weighted by Gasteiger charge is -2.31. The summed E-state index contributed by atoms with van der Waals surface area (Å²) >= 11 is 3.76. The van der Waals surface area contributed by atoms with E-state index in [4.69, 9.17) is 21.0 Å². The summed E-state index contributed by atoms with van der Waals surface area (Å²) in [5, 5.41) is 44.2. The number of nitrogens with zero attached hydrogens (tertiary/aromatic N) is 3. The number of nitrogens with one attached hydrogen (secondary N) is 7. The number of primary amides is 2. The van der Waals surface area contributed by atoms with E-state index in [2.05, 4.69) is 42.4 Å². The second-order valence-electron chi connectivity index (χ2n) is 20.8. The first-order chi connectivity index (χ1) is 40.1. The molecule has 4 heterocycles. The van der Waals surface area contributed by atoms with E-state index < -0.39 is 138 Å². The van der Waals surface area contributed by atoms with Gasteiger partial charge in [-0.25, -0.2) is 0 Å². The van der Waals surface area contributed by atoms with Gasteiger partial charge in [0.25, 0.3) is 5.91 Å². The van der Waals surface area contributed by atoms with E-state index in [0.29, 0.717) is 43.6 Å². The van der Waals surface area contributed by atoms with E-state index in [1.165, 1.54) is 54.0 Å². The highest BCUT2D eigenvalue weighted by molar-refractivity contribution is 7.99. The minimum absolute atomic E-state index is 0.0269. The Morgan fingerprint density at radius 2 is 1.30 bits per heavy atom. The van der Waals surface area contributed by atoms with E-state index in [0.717, 1.165) is 29.5 Å². The fourth-order valence-corrected chi connectivity index (χ4v) is 12.1. The summed E-state index contributed by atoms with van der Waals surface area (Å²) in [5.41, 5.74) is 12.7. The molecule has 5 rings (SSSR count). The second kappa shape index (κ2) is 34.2. The number of carbonyl (C=O) groups is 12. The molecule has 28 nitrogen and oxygen atoms in total. The molecule has 84 heavy (non-hydrogen) atoms. The number of rotatable bonds is 10. The average Bonchev–Trinajstić information content (AvgIpc) is 4.20. The molecule has 4 aliphatic heterocycles. The number of carbonyl (C=O) groups excluding carboxylic acids is 12. The number of aliphatic carboxylic acids is 1. The number of nitrogens with two attached hydrogens (primary N) is 2. The first-order valence-corrected chi connectivity index (χ1v) is 31.5. The summed E-state index contributed by atoms with van der Waals surface area (Å²) in [6.45, 7) is 3.07. The van der Waals surface area contributed by atoms with Crippen LogP contribution in [0.2, 0.25) is 0 Å². The van der Waals surface area contributed by atoms with Gasteiger partial charge in [-0.3, -0.25) is 52.7 Å². The molecule has 1 aromatic rings. The SMILES string of the molecule is CSCC[C@@H]1NC(=O)[C@@H]2CCCN2C(=O)[C@@H]2CSCc3cc(cc(c3)OCCCCCCO/N=C/C(=O)N[C@@H](CCC(N)=O)C(=O)N2)CSC[C@@H](C(N)=O)NC(=O)[C@H]([C@@H](C)O)NC(=O)[C@@H]2CCCN2C(=O)[C@H](C)NC(=O)[C@H](CC(=O)[O-])NC1=O. The lowest BCUT2D eigenvalue weighted by atomic mass is 10.1. The van der Waals surface area contributed by atoms with E-state index in [9.17, 15) is 67.7 Å². The topological polar surface area (TPSA) is 422 Å². The largest absolute Gasteiger partial charge is 0.550 e. The minimum Gasteiger partial charge on any atom is -0.550 e. The number of aliphatic hydroxyl groups is 1. The Kier molecular flexibility index (Phi) is 27.6. The van der Waals surface area contributed by atoms with E-state index in [-0.39, 0.29) is 80.6 Å². The first-order valence-electron chi connectivity index (χ1n) is 27.8. The van der Waals surface area contributed by atoms with Gasteiger partial charge in [0, 0.05) is 54.9 Å². The summed E-state index contributed by atoms with van der Waals surface area (Å²) < 4.78 is 6.22. The molecule has 4 aliphatic rings. The number of benzene rings is 1. The molecule has 0 saturated carbocycles. The maximum Gasteiger partial charge on any atom is 0.266 e. The van der Waals surface area contributed by atoms with Crippen LogP contribution < -0.4 is 58.5 Å². The molecule has 4 bridgehead atoms. The van der Waals surface area contributed by atoms with Crippen molar-refractivity contribution in [3.63, 3.8) is 0 Å².